The summed E-state index contributed by atoms with van der Waals surface area (Å²) in [5.74, 6) is 1.57. The fourth-order valence-electron chi connectivity index (χ4n) is 2.68. The zero-order valence-electron chi connectivity index (χ0n) is 13.6. The second-order valence-electron chi connectivity index (χ2n) is 5.75. The SMILES string of the molecule is CCN1CCN(c2ccnc(Nc3ccc(C)c(Cl)c3)n2)CC1. The molecule has 1 aromatic carbocycles. The first kappa shape index (κ1) is 16.0. The van der Waals surface area contributed by atoms with Gasteiger partial charge in [0, 0.05) is 43.1 Å². The second kappa shape index (κ2) is 7.15. The number of likely N-dealkylation sites (N-methyl/N-ethyl adjacent to an activating group) is 1. The Labute approximate surface area is 142 Å². The Morgan fingerprint density at radius 3 is 2.65 bits per heavy atom. The topological polar surface area (TPSA) is 44.3 Å². The van der Waals surface area contributed by atoms with Crippen LogP contribution < -0.4 is 10.2 Å². The minimum atomic E-state index is 0.598. The molecule has 0 aliphatic carbocycles. The molecule has 1 saturated heterocycles. The van der Waals surface area contributed by atoms with Crippen molar-refractivity contribution in [2.24, 2.45) is 0 Å². The van der Waals surface area contributed by atoms with Gasteiger partial charge in [-0.2, -0.15) is 4.98 Å². The van der Waals surface area contributed by atoms with Crippen molar-refractivity contribution in [1.82, 2.24) is 14.9 Å². The Kier molecular flexibility index (Phi) is 4.98. The zero-order chi connectivity index (χ0) is 16.2. The maximum atomic E-state index is 6.17. The van der Waals surface area contributed by atoms with E-state index in [-0.39, 0.29) is 0 Å². The van der Waals surface area contributed by atoms with Crippen molar-refractivity contribution in [3.05, 3.63) is 41.0 Å². The van der Waals surface area contributed by atoms with E-state index in [9.17, 15) is 0 Å². The number of nitrogens with zero attached hydrogens (tertiary/aromatic N) is 4. The number of nitrogens with one attached hydrogen (secondary N) is 1. The van der Waals surface area contributed by atoms with E-state index in [4.69, 9.17) is 11.6 Å². The van der Waals surface area contributed by atoms with Crippen LogP contribution in [-0.2, 0) is 0 Å². The molecule has 0 spiro atoms. The van der Waals surface area contributed by atoms with Crippen LogP contribution in [0.3, 0.4) is 0 Å². The predicted molar refractivity (Wildman–Crippen MR) is 95.8 cm³/mol. The van der Waals surface area contributed by atoms with Crippen LogP contribution in [0.2, 0.25) is 5.02 Å². The monoisotopic (exact) mass is 331 g/mol. The van der Waals surface area contributed by atoms with Crippen LogP contribution in [0.25, 0.3) is 0 Å². The number of hydrogen-bond donors (Lipinski definition) is 1. The molecule has 1 aromatic heterocycles. The number of rotatable bonds is 4. The molecule has 0 bridgehead atoms. The van der Waals surface area contributed by atoms with Crippen LogP contribution in [-0.4, -0.2) is 47.6 Å². The highest BCUT2D eigenvalue weighted by molar-refractivity contribution is 6.31. The molecule has 3 rings (SSSR count). The largest absolute Gasteiger partial charge is 0.354 e. The summed E-state index contributed by atoms with van der Waals surface area (Å²) in [4.78, 5) is 13.7. The van der Waals surface area contributed by atoms with Gasteiger partial charge in [-0.1, -0.05) is 24.6 Å². The van der Waals surface area contributed by atoms with E-state index in [1.165, 1.54) is 0 Å². The Balaban J connectivity index is 1.71. The van der Waals surface area contributed by atoms with Crippen molar-refractivity contribution in [3.63, 3.8) is 0 Å². The number of aryl methyl sites for hydroxylation is 1. The number of benzene rings is 1. The van der Waals surface area contributed by atoms with Crippen molar-refractivity contribution in [2.75, 3.05) is 42.9 Å². The van der Waals surface area contributed by atoms with Crippen LogP contribution >= 0.6 is 11.6 Å². The molecule has 5 nitrogen and oxygen atoms in total. The smallest absolute Gasteiger partial charge is 0.229 e. The first-order chi connectivity index (χ1) is 11.2. The highest BCUT2D eigenvalue weighted by atomic mass is 35.5. The van der Waals surface area contributed by atoms with Gasteiger partial charge in [0.1, 0.15) is 5.82 Å². The van der Waals surface area contributed by atoms with Crippen molar-refractivity contribution in [1.29, 1.82) is 0 Å². The Morgan fingerprint density at radius 2 is 1.96 bits per heavy atom. The molecule has 0 atom stereocenters. The average Bonchev–Trinajstić information content (AvgIpc) is 2.58. The van der Waals surface area contributed by atoms with Gasteiger partial charge in [0.2, 0.25) is 5.95 Å². The van der Waals surface area contributed by atoms with Crippen molar-refractivity contribution in [3.8, 4) is 0 Å². The third kappa shape index (κ3) is 3.92. The van der Waals surface area contributed by atoms with Gasteiger partial charge in [-0.25, -0.2) is 4.98 Å². The molecular formula is C17H22ClN5. The van der Waals surface area contributed by atoms with E-state index >= 15 is 0 Å². The molecule has 6 heteroatoms. The van der Waals surface area contributed by atoms with Crippen LogP contribution in [0, 0.1) is 6.92 Å². The normalized spacial score (nSPS) is 15.7. The van der Waals surface area contributed by atoms with Crippen LogP contribution in [0.1, 0.15) is 12.5 Å². The minimum absolute atomic E-state index is 0.598. The minimum Gasteiger partial charge on any atom is -0.354 e. The summed E-state index contributed by atoms with van der Waals surface area (Å²) >= 11 is 6.17. The Hall–Kier alpha value is -1.85. The predicted octanol–water partition coefficient (Wildman–Crippen LogP) is 3.32. The summed E-state index contributed by atoms with van der Waals surface area (Å²) in [6.07, 6.45) is 1.80. The molecule has 1 fully saturated rings. The third-order valence-corrected chi connectivity index (χ3v) is 4.62. The van der Waals surface area contributed by atoms with E-state index in [0.717, 1.165) is 54.8 Å². The number of anilines is 3. The van der Waals surface area contributed by atoms with E-state index in [1.54, 1.807) is 6.20 Å². The fraction of sp³-hybridized carbons (Fsp3) is 0.412. The first-order valence-corrected chi connectivity index (χ1v) is 8.37. The van der Waals surface area contributed by atoms with Gasteiger partial charge in [-0.3, -0.25) is 0 Å². The maximum absolute atomic E-state index is 6.17. The van der Waals surface area contributed by atoms with E-state index in [1.807, 2.05) is 31.2 Å². The van der Waals surface area contributed by atoms with Crippen LogP contribution in [0.4, 0.5) is 17.5 Å². The molecule has 1 aliphatic rings. The lowest BCUT2D eigenvalue weighted by atomic mass is 10.2. The Bertz CT molecular complexity index is 668. The van der Waals surface area contributed by atoms with Gasteiger partial charge in [0.05, 0.1) is 0 Å². The number of halogens is 1. The zero-order valence-corrected chi connectivity index (χ0v) is 14.3. The van der Waals surface area contributed by atoms with Gasteiger partial charge in [0.15, 0.2) is 0 Å². The summed E-state index contributed by atoms with van der Waals surface area (Å²) in [6.45, 7) is 9.46. The van der Waals surface area contributed by atoms with Gasteiger partial charge in [0.25, 0.3) is 0 Å². The quantitative estimate of drug-likeness (QED) is 0.931. The standard InChI is InChI=1S/C17H22ClN5/c1-3-22-8-10-23(11-9-22)16-6-7-19-17(21-16)20-14-5-4-13(2)15(18)12-14/h4-7,12H,3,8-11H2,1-2H3,(H,19,20,21). The van der Waals surface area contributed by atoms with E-state index in [0.29, 0.717) is 5.95 Å². The molecular weight excluding hydrogens is 310 g/mol. The van der Waals surface area contributed by atoms with Gasteiger partial charge < -0.3 is 15.1 Å². The van der Waals surface area contributed by atoms with E-state index < -0.39 is 0 Å². The second-order valence-corrected chi connectivity index (χ2v) is 6.16. The van der Waals surface area contributed by atoms with Crippen molar-refractivity contribution < 1.29 is 0 Å². The van der Waals surface area contributed by atoms with Gasteiger partial charge in [-0.15, -0.1) is 0 Å². The lowest BCUT2D eigenvalue weighted by Crippen LogP contribution is -2.46. The highest BCUT2D eigenvalue weighted by Gasteiger charge is 2.17. The summed E-state index contributed by atoms with van der Waals surface area (Å²) < 4.78 is 0. The number of piperazine rings is 1. The molecule has 0 radical (unpaired) electrons. The van der Waals surface area contributed by atoms with Crippen LogP contribution in [0.5, 0.6) is 0 Å². The summed E-state index contributed by atoms with van der Waals surface area (Å²) in [5, 5.41) is 3.97. The average molecular weight is 332 g/mol. The van der Waals surface area contributed by atoms with Crippen molar-refractivity contribution in [2.45, 2.75) is 13.8 Å². The first-order valence-electron chi connectivity index (χ1n) is 7.99. The summed E-state index contributed by atoms with van der Waals surface area (Å²) in [6, 6.07) is 7.83. The molecule has 1 aliphatic heterocycles. The number of aromatic nitrogens is 2. The third-order valence-electron chi connectivity index (χ3n) is 4.21. The fourth-order valence-corrected chi connectivity index (χ4v) is 2.86. The van der Waals surface area contributed by atoms with E-state index in [2.05, 4.69) is 32.0 Å². The van der Waals surface area contributed by atoms with Crippen molar-refractivity contribution >= 4 is 29.1 Å². The summed E-state index contributed by atoms with van der Waals surface area (Å²) in [5.41, 5.74) is 1.95. The van der Waals surface area contributed by atoms with Gasteiger partial charge in [-0.05, 0) is 37.2 Å². The lowest BCUT2D eigenvalue weighted by molar-refractivity contribution is 0.270. The maximum Gasteiger partial charge on any atom is 0.229 e. The highest BCUT2D eigenvalue weighted by Crippen LogP contribution is 2.23. The molecule has 0 amide bonds. The molecule has 0 unspecified atom stereocenters. The Morgan fingerprint density at radius 1 is 1.17 bits per heavy atom. The number of hydrogen-bond acceptors (Lipinski definition) is 5. The molecule has 0 saturated carbocycles. The molecule has 23 heavy (non-hydrogen) atoms. The molecule has 1 N–H and O–H groups in total. The summed E-state index contributed by atoms with van der Waals surface area (Å²) in [7, 11) is 0. The molecule has 2 heterocycles. The van der Waals surface area contributed by atoms with Gasteiger partial charge >= 0.3 is 0 Å². The lowest BCUT2D eigenvalue weighted by Gasteiger charge is -2.34. The van der Waals surface area contributed by atoms with Crippen LogP contribution in [0.15, 0.2) is 30.5 Å². The molecule has 122 valence electrons. The molecule has 2 aromatic rings.